The zero-order valence-corrected chi connectivity index (χ0v) is 20.2. The molecule has 0 unspecified atom stereocenters. The quantitative estimate of drug-likeness (QED) is 0.719. The van der Waals surface area contributed by atoms with Crippen LogP contribution < -0.4 is 10.2 Å². The van der Waals surface area contributed by atoms with Gasteiger partial charge in [0.15, 0.2) is 5.69 Å². The molecule has 2 aliphatic heterocycles. The third-order valence-electron chi connectivity index (χ3n) is 7.66. The third kappa shape index (κ3) is 4.26. The molecule has 2 aromatic rings. The third-order valence-corrected chi connectivity index (χ3v) is 7.66. The van der Waals surface area contributed by atoms with Gasteiger partial charge >= 0.3 is 0 Å². The number of benzene rings is 1. The molecular formula is C25H31FN6O3. The Labute approximate surface area is 203 Å². The summed E-state index contributed by atoms with van der Waals surface area (Å²) in [6.07, 6.45) is 4.12. The number of piperazine rings is 1. The van der Waals surface area contributed by atoms with Crippen LogP contribution in [-0.4, -0.2) is 82.1 Å². The second kappa shape index (κ2) is 8.98. The highest BCUT2D eigenvalue weighted by molar-refractivity contribution is 6.01. The van der Waals surface area contributed by atoms with Gasteiger partial charge in [0.2, 0.25) is 5.91 Å². The Hall–Kier alpha value is -3.43. The lowest BCUT2D eigenvalue weighted by molar-refractivity contribution is -0.133. The van der Waals surface area contributed by atoms with Crippen molar-refractivity contribution in [2.24, 2.45) is 0 Å². The Morgan fingerprint density at radius 2 is 1.74 bits per heavy atom. The highest BCUT2D eigenvalue weighted by Gasteiger charge is 2.47. The number of fused-ring (bicyclic) bond motifs is 1. The van der Waals surface area contributed by atoms with Gasteiger partial charge in [0, 0.05) is 51.0 Å². The number of carbonyl (C=O) groups is 3. The largest absolute Gasteiger partial charge is 0.368 e. The van der Waals surface area contributed by atoms with Crippen molar-refractivity contribution in [3.63, 3.8) is 0 Å². The number of likely N-dealkylation sites (N-methyl/N-ethyl adjacent to an activating group) is 1. The summed E-state index contributed by atoms with van der Waals surface area (Å²) in [5, 5.41) is 7.55. The molecule has 1 saturated heterocycles. The predicted molar refractivity (Wildman–Crippen MR) is 128 cm³/mol. The second-order valence-corrected chi connectivity index (χ2v) is 9.92. The Morgan fingerprint density at radius 1 is 1.09 bits per heavy atom. The SMILES string of the molecule is CN1C(=O)c2cc(C(=O)N3CCN(c4ccc(F)cc4)CC3)nn2C[C@@]1(C)C(=O)NC1CCCC1. The zero-order valence-electron chi connectivity index (χ0n) is 20.2. The second-order valence-electron chi connectivity index (χ2n) is 9.92. The van der Waals surface area contributed by atoms with E-state index in [9.17, 15) is 18.8 Å². The van der Waals surface area contributed by atoms with E-state index in [1.165, 1.54) is 27.8 Å². The van der Waals surface area contributed by atoms with Crippen molar-refractivity contribution in [1.29, 1.82) is 0 Å². The van der Waals surface area contributed by atoms with Gasteiger partial charge in [0.05, 0.1) is 6.54 Å². The van der Waals surface area contributed by atoms with Crippen LogP contribution in [0.4, 0.5) is 10.1 Å². The fourth-order valence-electron chi connectivity index (χ4n) is 5.22. The topological polar surface area (TPSA) is 90.8 Å². The molecule has 186 valence electrons. The first-order valence-electron chi connectivity index (χ1n) is 12.2. The number of halogens is 1. The van der Waals surface area contributed by atoms with Crippen LogP contribution in [0.2, 0.25) is 0 Å². The van der Waals surface area contributed by atoms with E-state index in [-0.39, 0.29) is 41.8 Å². The van der Waals surface area contributed by atoms with Gasteiger partial charge in [-0.2, -0.15) is 5.10 Å². The standard InChI is InChI=1S/C25H31FN6O3/c1-25(24(35)27-18-5-3-4-6-18)16-32-21(23(34)29(25)2)15-20(28-32)22(33)31-13-11-30(12-14-31)19-9-7-17(26)8-10-19/h7-10,15,18H,3-6,11-14,16H2,1-2H3,(H,27,35)/t25-/m0/s1. The van der Waals surface area contributed by atoms with Gasteiger partial charge in [-0.25, -0.2) is 4.39 Å². The van der Waals surface area contributed by atoms with Crippen molar-refractivity contribution in [3.8, 4) is 0 Å². The Bertz CT molecular complexity index is 1130. The predicted octanol–water partition coefficient (Wildman–Crippen LogP) is 1.89. The van der Waals surface area contributed by atoms with Gasteiger partial charge in [-0.3, -0.25) is 19.1 Å². The van der Waals surface area contributed by atoms with E-state index in [0.29, 0.717) is 31.9 Å². The van der Waals surface area contributed by atoms with E-state index < -0.39 is 5.54 Å². The fraction of sp³-hybridized carbons (Fsp3) is 0.520. The lowest BCUT2D eigenvalue weighted by atomic mass is 9.95. The molecule has 3 amide bonds. The first-order chi connectivity index (χ1) is 16.8. The highest BCUT2D eigenvalue weighted by atomic mass is 19.1. The van der Waals surface area contributed by atoms with Crippen molar-refractivity contribution in [2.75, 3.05) is 38.1 Å². The average Bonchev–Trinajstić information content (AvgIpc) is 3.53. The average molecular weight is 483 g/mol. The number of aromatic nitrogens is 2. The summed E-state index contributed by atoms with van der Waals surface area (Å²) in [7, 11) is 1.63. The van der Waals surface area contributed by atoms with Crippen molar-refractivity contribution in [1.82, 2.24) is 24.9 Å². The summed E-state index contributed by atoms with van der Waals surface area (Å²) in [5.41, 5.74) is 0.351. The molecule has 9 nitrogen and oxygen atoms in total. The summed E-state index contributed by atoms with van der Waals surface area (Å²) in [6.45, 7) is 4.16. The number of nitrogens with zero attached hydrogens (tertiary/aromatic N) is 5. The maximum absolute atomic E-state index is 13.2. The lowest BCUT2D eigenvalue weighted by Crippen LogP contribution is -2.63. The number of rotatable bonds is 4. The number of carbonyl (C=O) groups excluding carboxylic acids is 3. The molecule has 2 fully saturated rings. The van der Waals surface area contributed by atoms with Crippen LogP contribution in [0.5, 0.6) is 0 Å². The van der Waals surface area contributed by atoms with E-state index in [0.717, 1.165) is 31.4 Å². The molecule has 0 spiro atoms. The van der Waals surface area contributed by atoms with Gasteiger partial charge in [0.1, 0.15) is 17.1 Å². The van der Waals surface area contributed by atoms with Crippen LogP contribution >= 0.6 is 0 Å². The smallest absolute Gasteiger partial charge is 0.274 e. The molecule has 1 aromatic carbocycles. The Morgan fingerprint density at radius 3 is 2.40 bits per heavy atom. The molecular weight excluding hydrogens is 451 g/mol. The van der Waals surface area contributed by atoms with Crippen LogP contribution in [0, 0.1) is 5.82 Å². The van der Waals surface area contributed by atoms with Crippen molar-refractivity contribution in [3.05, 3.63) is 47.5 Å². The van der Waals surface area contributed by atoms with Gasteiger partial charge in [0.25, 0.3) is 11.8 Å². The molecule has 0 bridgehead atoms. The maximum atomic E-state index is 13.2. The molecule has 3 aliphatic rings. The number of anilines is 1. The van der Waals surface area contributed by atoms with E-state index >= 15 is 0 Å². The molecule has 1 atom stereocenters. The summed E-state index contributed by atoms with van der Waals surface area (Å²) in [4.78, 5) is 44.8. The molecule has 1 aliphatic carbocycles. The van der Waals surface area contributed by atoms with E-state index in [1.54, 1.807) is 31.0 Å². The number of hydrogen-bond donors (Lipinski definition) is 1. The Kier molecular flexibility index (Phi) is 5.98. The molecule has 5 rings (SSSR count). The minimum Gasteiger partial charge on any atom is -0.368 e. The van der Waals surface area contributed by atoms with Gasteiger partial charge in [-0.15, -0.1) is 0 Å². The summed E-state index contributed by atoms with van der Waals surface area (Å²) < 4.78 is 14.7. The van der Waals surface area contributed by atoms with Crippen LogP contribution in [0.15, 0.2) is 30.3 Å². The van der Waals surface area contributed by atoms with Gasteiger partial charge < -0.3 is 20.0 Å². The van der Waals surface area contributed by atoms with Crippen LogP contribution in [0.25, 0.3) is 0 Å². The molecule has 1 aromatic heterocycles. The minimum absolute atomic E-state index is 0.146. The van der Waals surface area contributed by atoms with Crippen LogP contribution in [0.3, 0.4) is 0 Å². The normalized spacial score (nSPS) is 22.9. The number of nitrogens with one attached hydrogen (secondary N) is 1. The van der Waals surface area contributed by atoms with Crippen molar-refractivity contribution >= 4 is 23.4 Å². The number of hydrogen-bond acceptors (Lipinski definition) is 5. The molecule has 3 heterocycles. The molecule has 1 N–H and O–H groups in total. The summed E-state index contributed by atoms with van der Waals surface area (Å²) in [6, 6.07) is 8.00. The maximum Gasteiger partial charge on any atom is 0.274 e. The molecule has 0 radical (unpaired) electrons. The number of amides is 3. The van der Waals surface area contributed by atoms with E-state index in [4.69, 9.17) is 0 Å². The fourth-order valence-corrected chi connectivity index (χ4v) is 5.22. The van der Waals surface area contributed by atoms with Crippen molar-refractivity contribution in [2.45, 2.75) is 50.7 Å². The first-order valence-corrected chi connectivity index (χ1v) is 12.2. The Balaban J connectivity index is 1.28. The monoisotopic (exact) mass is 482 g/mol. The highest BCUT2D eigenvalue weighted by Crippen LogP contribution is 2.28. The molecule has 1 saturated carbocycles. The van der Waals surface area contributed by atoms with Gasteiger partial charge in [-0.05, 0) is 44.0 Å². The zero-order chi connectivity index (χ0) is 24.7. The van der Waals surface area contributed by atoms with Crippen LogP contribution in [-0.2, 0) is 11.3 Å². The van der Waals surface area contributed by atoms with Crippen molar-refractivity contribution < 1.29 is 18.8 Å². The van der Waals surface area contributed by atoms with E-state index in [1.807, 2.05) is 0 Å². The van der Waals surface area contributed by atoms with Gasteiger partial charge in [-0.1, -0.05) is 12.8 Å². The molecule has 35 heavy (non-hydrogen) atoms. The van der Waals surface area contributed by atoms with E-state index in [2.05, 4.69) is 15.3 Å². The molecule has 10 heteroatoms. The minimum atomic E-state index is -1.08. The van der Waals surface area contributed by atoms with Crippen LogP contribution in [0.1, 0.15) is 53.6 Å². The summed E-state index contributed by atoms with van der Waals surface area (Å²) in [5.74, 6) is -1.03. The lowest BCUT2D eigenvalue weighted by Gasteiger charge is -2.41. The summed E-state index contributed by atoms with van der Waals surface area (Å²) >= 11 is 0. The first kappa shape index (κ1) is 23.3.